The first-order chi connectivity index (χ1) is 13.8. The van der Waals surface area contributed by atoms with Crippen LogP contribution in [0.3, 0.4) is 0 Å². The fraction of sp³-hybridized carbons (Fsp3) is 0.318. The summed E-state index contributed by atoms with van der Waals surface area (Å²) < 4.78 is 5.54. The maximum Gasteiger partial charge on any atom is 0.260 e. The Balaban J connectivity index is 1.66. The first kappa shape index (κ1) is 20.4. The molecule has 0 fully saturated rings. The molecule has 2 aromatic rings. The van der Waals surface area contributed by atoms with Crippen LogP contribution in [0.2, 0.25) is 0 Å². The highest BCUT2D eigenvalue weighted by Gasteiger charge is 2.30. The first-order valence-corrected chi connectivity index (χ1v) is 9.49. The second kappa shape index (κ2) is 8.77. The minimum Gasteiger partial charge on any atom is -0.484 e. The molecule has 0 radical (unpaired) electrons. The predicted molar refractivity (Wildman–Crippen MR) is 111 cm³/mol. The van der Waals surface area contributed by atoms with Crippen LogP contribution in [0.5, 0.6) is 5.75 Å². The zero-order chi connectivity index (χ0) is 21.0. The SMILES string of the molecule is Cc1cccc(OCC(=O)N(C)CC(=O)N2c3ccccc3NC(=O)CC2C)c1. The van der Waals surface area contributed by atoms with E-state index in [9.17, 15) is 14.4 Å². The Labute approximate surface area is 170 Å². The predicted octanol–water partition coefficient (Wildman–Crippen LogP) is 2.60. The van der Waals surface area contributed by atoms with Crippen molar-refractivity contribution < 1.29 is 19.1 Å². The van der Waals surface area contributed by atoms with Crippen molar-refractivity contribution >= 4 is 29.1 Å². The van der Waals surface area contributed by atoms with Gasteiger partial charge in [0.05, 0.1) is 17.9 Å². The van der Waals surface area contributed by atoms with Gasteiger partial charge in [0.15, 0.2) is 6.61 Å². The Bertz CT molecular complexity index is 928. The molecule has 1 heterocycles. The van der Waals surface area contributed by atoms with Gasteiger partial charge in [-0.05, 0) is 43.7 Å². The Kier molecular flexibility index (Phi) is 6.16. The molecule has 0 spiro atoms. The summed E-state index contributed by atoms with van der Waals surface area (Å²) in [4.78, 5) is 40.4. The van der Waals surface area contributed by atoms with Crippen LogP contribution in [-0.2, 0) is 14.4 Å². The van der Waals surface area contributed by atoms with E-state index in [1.54, 1.807) is 36.2 Å². The van der Waals surface area contributed by atoms with Crippen molar-refractivity contribution in [3.63, 3.8) is 0 Å². The quantitative estimate of drug-likeness (QED) is 0.844. The topological polar surface area (TPSA) is 79.0 Å². The van der Waals surface area contributed by atoms with E-state index in [4.69, 9.17) is 4.74 Å². The molecule has 3 amide bonds. The summed E-state index contributed by atoms with van der Waals surface area (Å²) in [5, 5.41) is 2.82. The van der Waals surface area contributed by atoms with Gasteiger partial charge in [-0.2, -0.15) is 0 Å². The van der Waals surface area contributed by atoms with Gasteiger partial charge < -0.3 is 19.9 Å². The zero-order valence-electron chi connectivity index (χ0n) is 16.8. The van der Waals surface area contributed by atoms with Gasteiger partial charge >= 0.3 is 0 Å². The second-order valence-corrected chi connectivity index (χ2v) is 7.24. The number of hydrogen-bond donors (Lipinski definition) is 1. The summed E-state index contributed by atoms with van der Waals surface area (Å²) in [6.07, 6.45) is 0.189. The maximum absolute atomic E-state index is 13.0. The van der Waals surface area contributed by atoms with Gasteiger partial charge in [0.1, 0.15) is 5.75 Å². The Morgan fingerprint density at radius 2 is 1.97 bits per heavy atom. The van der Waals surface area contributed by atoms with Crippen LogP contribution in [0.15, 0.2) is 48.5 Å². The highest BCUT2D eigenvalue weighted by atomic mass is 16.5. The number of fused-ring (bicyclic) bond motifs is 1. The summed E-state index contributed by atoms with van der Waals surface area (Å²) in [7, 11) is 1.57. The van der Waals surface area contributed by atoms with E-state index in [1.165, 1.54) is 4.90 Å². The van der Waals surface area contributed by atoms with E-state index in [2.05, 4.69) is 5.32 Å². The van der Waals surface area contributed by atoms with Crippen molar-refractivity contribution in [2.45, 2.75) is 26.3 Å². The smallest absolute Gasteiger partial charge is 0.260 e. The normalized spacial score (nSPS) is 15.8. The van der Waals surface area contributed by atoms with E-state index in [0.29, 0.717) is 17.1 Å². The average Bonchev–Trinajstić information content (AvgIpc) is 2.80. The maximum atomic E-state index is 13.0. The number of carbonyl (C=O) groups is 3. The Hall–Kier alpha value is -3.35. The third-order valence-electron chi connectivity index (χ3n) is 4.78. The molecule has 1 aliphatic rings. The van der Waals surface area contributed by atoms with Crippen LogP contribution in [0.1, 0.15) is 18.9 Å². The van der Waals surface area contributed by atoms with E-state index < -0.39 is 0 Å². The number of likely N-dealkylation sites (N-methyl/N-ethyl adjacent to an activating group) is 1. The molecule has 29 heavy (non-hydrogen) atoms. The lowest BCUT2D eigenvalue weighted by molar-refractivity contribution is -0.135. The van der Waals surface area contributed by atoms with Crippen molar-refractivity contribution in [2.75, 3.05) is 30.4 Å². The van der Waals surface area contributed by atoms with Crippen molar-refractivity contribution in [2.24, 2.45) is 0 Å². The van der Waals surface area contributed by atoms with Crippen molar-refractivity contribution in [1.82, 2.24) is 4.90 Å². The molecule has 1 N–H and O–H groups in total. The van der Waals surface area contributed by atoms with Gasteiger partial charge in [-0.1, -0.05) is 24.3 Å². The minimum atomic E-state index is -0.321. The molecule has 0 aliphatic carbocycles. The molecule has 7 nitrogen and oxygen atoms in total. The van der Waals surface area contributed by atoms with Gasteiger partial charge in [0.2, 0.25) is 11.8 Å². The number of anilines is 2. The molecule has 0 bridgehead atoms. The fourth-order valence-corrected chi connectivity index (χ4v) is 3.30. The zero-order valence-corrected chi connectivity index (χ0v) is 16.8. The summed E-state index contributed by atoms with van der Waals surface area (Å²) in [5.74, 6) is -0.0911. The van der Waals surface area contributed by atoms with Crippen LogP contribution in [0, 0.1) is 6.92 Å². The molecular formula is C22H25N3O4. The monoisotopic (exact) mass is 395 g/mol. The standard InChI is InChI=1S/C22H25N3O4/c1-15-7-6-8-17(11-15)29-14-22(28)24(3)13-21(27)25-16(2)12-20(26)23-18-9-4-5-10-19(18)25/h4-11,16H,12-14H2,1-3H3,(H,23,26). The molecular weight excluding hydrogens is 370 g/mol. The number of aryl methyl sites for hydroxylation is 1. The van der Waals surface area contributed by atoms with Crippen molar-refractivity contribution in [3.8, 4) is 5.75 Å². The van der Waals surface area contributed by atoms with E-state index in [1.807, 2.05) is 38.1 Å². The molecule has 2 aromatic carbocycles. The number of amides is 3. The van der Waals surface area contributed by atoms with Crippen LogP contribution in [0.25, 0.3) is 0 Å². The van der Waals surface area contributed by atoms with Crippen LogP contribution >= 0.6 is 0 Å². The van der Waals surface area contributed by atoms with E-state index in [0.717, 1.165) is 5.56 Å². The summed E-state index contributed by atoms with van der Waals surface area (Å²) >= 11 is 0. The number of carbonyl (C=O) groups excluding carboxylic acids is 3. The average molecular weight is 395 g/mol. The Morgan fingerprint density at radius 3 is 2.72 bits per heavy atom. The van der Waals surface area contributed by atoms with Gasteiger partial charge in [-0.3, -0.25) is 14.4 Å². The number of ether oxygens (including phenoxy) is 1. The number of para-hydroxylation sites is 2. The summed E-state index contributed by atoms with van der Waals surface area (Å²) in [6.45, 7) is 3.50. The van der Waals surface area contributed by atoms with Crippen molar-refractivity contribution in [3.05, 3.63) is 54.1 Å². The lowest BCUT2D eigenvalue weighted by Crippen LogP contribution is -2.46. The molecule has 0 saturated carbocycles. The van der Waals surface area contributed by atoms with E-state index in [-0.39, 0.29) is 43.3 Å². The number of rotatable bonds is 5. The largest absolute Gasteiger partial charge is 0.484 e. The number of benzene rings is 2. The lowest BCUT2D eigenvalue weighted by Gasteiger charge is -2.29. The fourth-order valence-electron chi connectivity index (χ4n) is 3.30. The second-order valence-electron chi connectivity index (χ2n) is 7.24. The number of hydrogen-bond acceptors (Lipinski definition) is 4. The van der Waals surface area contributed by atoms with Crippen LogP contribution < -0.4 is 15.0 Å². The molecule has 152 valence electrons. The molecule has 7 heteroatoms. The highest BCUT2D eigenvalue weighted by Crippen LogP contribution is 2.31. The highest BCUT2D eigenvalue weighted by molar-refractivity contribution is 6.05. The molecule has 1 unspecified atom stereocenters. The van der Waals surface area contributed by atoms with Crippen molar-refractivity contribution in [1.29, 1.82) is 0 Å². The third kappa shape index (κ3) is 4.93. The first-order valence-electron chi connectivity index (χ1n) is 9.49. The van der Waals surface area contributed by atoms with Gasteiger partial charge in [-0.15, -0.1) is 0 Å². The lowest BCUT2D eigenvalue weighted by atomic mass is 10.1. The van der Waals surface area contributed by atoms with Gasteiger partial charge in [0, 0.05) is 19.5 Å². The molecule has 1 aliphatic heterocycles. The Morgan fingerprint density at radius 1 is 1.21 bits per heavy atom. The number of nitrogens with one attached hydrogen (secondary N) is 1. The number of nitrogens with zero attached hydrogens (tertiary/aromatic N) is 2. The molecule has 0 aromatic heterocycles. The summed E-state index contributed by atoms with van der Waals surface area (Å²) in [6, 6.07) is 14.3. The summed E-state index contributed by atoms with van der Waals surface area (Å²) in [5.41, 5.74) is 2.26. The minimum absolute atomic E-state index is 0.108. The third-order valence-corrected chi connectivity index (χ3v) is 4.78. The van der Waals surface area contributed by atoms with Gasteiger partial charge in [0.25, 0.3) is 5.91 Å². The molecule has 0 saturated heterocycles. The van der Waals surface area contributed by atoms with E-state index >= 15 is 0 Å². The van der Waals surface area contributed by atoms with Gasteiger partial charge in [-0.25, -0.2) is 0 Å². The van der Waals surface area contributed by atoms with Crippen LogP contribution in [0.4, 0.5) is 11.4 Å². The van der Waals surface area contributed by atoms with Crippen LogP contribution in [-0.4, -0.2) is 48.9 Å². The molecule has 1 atom stereocenters. The molecule has 3 rings (SSSR count).